The van der Waals surface area contributed by atoms with E-state index in [1.165, 1.54) is 6.42 Å². The van der Waals surface area contributed by atoms with E-state index in [4.69, 9.17) is 5.21 Å². The molecular weight excluding hydrogens is 102 g/mol. The van der Waals surface area contributed by atoms with Crippen molar-refractivity contribution in [1.82, 2.24) is 0 Å². The molecule has 1 aliphatic carbocycles. The maximum Gasteiger partial charge on any atom is 0.0573 e. The van der Waals surface area contributed by atoms with Crippen molar-refractivity contribution in [2.45, 2.75) is 20.3 Å². The lowest BCUT2D eigenvalue weighted by molar-refractivity contribution is 0.316. The Bertz CT molecular complexity index is 120. The first-order valence-corrected chi connectivity index (χ1v) is 2.94. The van der Waals surface area contributed by atoms with Gasteiger partial charge >= 0.3 is 0 Å². The molecule has 1 saturated carbocycles. The molecule has 0 heterocycles. The van der Waals surface area contributed by atoms with Crippen LogP contribution in [0.1, 0.15) is 20.3 Å². The highest BCUT2D eigenvalue weighted by atomic mass is 16.4. The minimum atomic E-state index is 0.583. The van der Waals surface area contributed by atoms with Crippen LogP contribution in [-0.2, 0) is 0 Å². The number of rotatable bonds is 1. The van der Waals surface area contributed by atoms with Crippen LogP contribution in [0.2, 0.25) is 0 Å². The number of hydrogen-bond acceptors (Lipinski definition) is 2. The predicted octanol–water partition coefficient (Wildman–Crippen LogP) is 1.49. The highest BCUT2D eigenvalue weighted by molar-refractivity contribution is 5.86. The van der Waals surface area contributed by atoms with Crippen LogP contribution in [0.15, 0.2) is 5.16 Å². The average Bonchev–Trinajstić information content (AvgIpc) is 2.45. The minimum Gasteiger partial charge on any atom is -0.411 e. The van der Waals surface area contributed by atoms with Crippen LogP contribution in [0.3, 0.4) is 0 Å². The van der Waals surface area contributed by atoms with Gasteiger partial charge < -0.3 is 5.21 Å². The van der Waals surface area contributed by atoms with Crippen LogP contribution < -0.4 is 0 Å². The van der Waals surface area contributed by atoms with Crippen LogP contribution in [0.5, 0.6) is 0 Å². The quantitative estimate of drug-likeness (QED) is 0.312. The first-order valence-electron chi connectivity index (χ1n) is 2.94. The van der Waals surface area contributed by atoms with Gasteiger partial charge in [-0.05, 0) is 19.3 Å². The van der Waals surface area contributed by atoms with E-state index >= 15 is 0 Å². The van der Waals surface area contributed by atoms with Gasteiger partial charge in [0.05, 0.1) is 5.71 Å². The van der Waals surface area contributed by atoms with E-state index in [0.29, 0.717) is 5.92 Å². The second-order valence-electron chi connectivity index (χ2n) is 2.56. The summed E-state index contributed by atoms with van der Waals surface area (Å²) in [5, 5.41) is 11.4. The van der Waals surface area contributed by atoms with Crippen LogP contribution in [0.25, 0.3) is 0 Å². The Morgan fingerprint density at radius 3 is 2.38 bits per heavy atom. The van der Waals surface area contributed by atoms with Crippen molar-refractivity contribution in [2.24, 2.45) is 17.0 Å². The molecule has 2 atom stereocenters. The summed E-state index contributed by atoms with van der Waals surface area (Å²) >= 11 is 0. The van der Waals surface area contributed by atoms with Crippen molar-refractivity contribution in [3.63, 3.8) is 0 Å². The summed E-state index contributed by atoms with van der Waals surface area (Å²) in [6.45, 7) is 4.04. The zero-order valence-electron chi connectivity index (χ0n) is 5.26. The molecule has 2 heteroatoms. The molecule has 1 aliphatic rings. The predicted molar refractivity (Wildman–Crippen MR) is 32.2 cm³/mol. The van der Waals surface area contributed by atoms with E-state index in [0.717, 1.165) is 11.6 Å². The number of oxime groups is 1. The normalized spacial score (nSPS) is 37.5. The lowest BCUT2D eigenvalue weighted by Gasteiger charge is -1.88. The van der Waals surface area contributed by atoms with E-state index in [2.05, 4.69) is 12.1 Å². The fourth-order valence-electron chi connectivity index (χ4n) is 0.978. The van der Waals surface area contributed by atoms with Gasteiger partial charge in [0.2, 0.25) is 0 Å². The van der Waals surface area contributed by atoms with Gasteiger partial charge in [-0.25, -0.2) is 0 Å². The SMILES string of the molecule is C/C(=N\O)C1CC1C. The molecule has 0 spiro atoms. The van der Waals surface area contributed by atoms with Crippen molar-refractivity contribution < 1.29 is 5.21 Å². The van der Waals surface area contributed by atoms with Gasteiger partial charge in [-0.1, -0.05) is 12.1 Å². The molecule has 0 saturated heterocycles. The molecule has 46 valence electrons. The molecule has 0 aliphatic heterocycles. The molecule has 0 radical (unpaired) electrons. The third-order valence-electron chi connectivity index (χ3n) is 1.80. The maximum atomic E-state index is 8.25. The lowest BCUT2D eigenvalue weighted by atomic mass is 10.2. The van der Waals surface area contributed by atoms with E-state index in [9.17, 15) is 0 Å². The summed E-state index contributed by atoms with van der Waals surface area (Å²) in [4.78, 5) is 0. The van der Waals surface area contributed by atoms with Crippen molar-refractivity contribution in [2.75, 3.05) is 0 Å². The highest BCUT2D eigenvalue weighted by Crippen LogP contribution is 2.38. The summed E-state index contributed by atoms with van der Waals surface area (Å²) < 4.78 is 0. The van der Waals surface area contributed by atoms with Gasteiger partial charge in [-0.15, -0.1) is 0 Å². The average molecular weight is 113 g/mol. The Balaban J connectivity index is 2.39. The molecule has 1 N–H and O–H groups in total. The smallest absolute Gasteiger partial charge is 0.0573 e. The van der Waals surface area contributed by atoms with E-state index in [-0.39, 0.29) is 0 Å². The Morgan fingerprint density at radius 1 is 1.75 bits per heavy atom. The van der Waals surface area contributed by atoms with Crippen molar-refractivity contribution in [3.8, 4) is 0 Å². The minimum absolute atomic E-state index is 0.583. The molecule has 0 amide bonds. The molecule has 0 bridgehead atoms. The van der Waals surface area contributed by atoms with Gasteiger partial charge in [-0.2, -0.15) is 0 Å². The standard InChI is InChI=1S/C6H11NO/c1-4-3-6(4)5(2)7-8/h4,6,8H,3H2,1-2H3/b7-5+. The van der Waals surface area contributed by atoms with Gasteiger partial charge in [0.1, 0.15) is 0 Å². The summed E-state index contributed by atoms with van der Waals surface area (Å²) in [5.74, 6) is 1.34. The monoisotopic (exact) mass is 113 g/mol. The molecule has 1 fully saturated rings. The summed E-state index contributed by atoms with van der Waals surface area (Å²) in [6, 6.07) is 0. The van der Waals surface area contributed by atoms with Crippen LogP contribution in [-0.4, -0.2) is 10.9 Å². The van der Waals surface area contributed by atoms with Gasteiger partial charge in [0, 0.05) is 5.92 Å². The fraction of sp³-hybridized carbons (Fsp3) is 0.833. The Hall–Kier alpha value is -0.530. The van der Waals surface area contributed by atoms with Crippen molar-refractivity contribution >= 4 is 5.71 Å². The molecule has 0 aromatic carbocycles. The van der Waals surface area contributed by atoms with E-state index in [1.54, 1.807) is 0 Å². The number of nitrogens with zero attached hydrogens (tertiary/aromatic N) is 1. The van der Waals surface area contributed by atoms with Crippen LogP contribution in [0, 0.1) is 11.8 Å². The molecule has 8 heavy (non-hydrogen) atoms. The summed E-state index contributed by atoms with van der Waals surface area (Å²) in [7, 11) is 0. The first kappa shape index (κ1) is 5.60. The van der Waals surface area contributed by atoms with E-state index in [1.807, 2.05) is 6.92 Å². The third-order valence-corrected chi connectivity index (χ3v) is 1.80. The fourth-order valence-corrected chi connectivity index (χ4v) is 0.978. The maximum absolute atomic E-state index is 8.25. The Kier molecular flexibility index (Phi) is 1.24. The zero-order valence-corrected chi connectivity index (χ0v) is 5.26. The van der Waals surface area contributed by atoms with Crippen LogP contribution in [0.4, 0.5) is 0 Å². The topological polar surface area (TPSA) is 32.6 Å². The Labute approximate surface area is 49.2 Å². The lowest BCUT2D eigenvalue weighted by Crippen LogP contribution is -1.94. The molecule has 1 rings (SSSR count). The largest absolute Gasteiger partial charge is 0.411 e. The highest BCUT2D eigenvalue weighted by Gasteiger charge is 2.35. The molecule has 2 nitrogen and oxygen atoms in total. The molecule has 0 aromatic heterocycles. The summed E-state index contributed by atoms with van der Waals surface area (Å²) in [5.41, 5.74) is 0.887. The van der Waals surface area contributed by atoms with E-state index < -0.39 is 0 Å². The van der Waals surface area contributed by atoms with Crippen molar-refractivity contribution in [3.05, 3.63) is 0 Å². The van der Waals surface area contributed by atoms with Gasteiger partial charge in [0.25, 0.3) is 0 Å². The Morgan fingerprint density at radius 2 is 2.25 bits per heavy atom. The summed E-state index contributed by atoms with van der Waals surface area (Å²) in [6.07, 6.45) is 1.20. The molecule has 0 aromatic rings. The zero-order chi connectivity index (χ0) is 6.15. The number of hydrogen-bond donors (Lipinski definition) is 1. The molecule has 2 unspecified atom stereocenters. The van der Waals surface area contributed by atoms with Crippen LogP contribution >= 0.6 is 0 Å². The van der Waals surface area contributed by atoms with Gasteiger partial charge in [0.15, 0.2) is 0 Å². The second-order valence-corrected chi connectivity index (χ2v) is 2.56. The first-order chi connectivity index (χ1) is 3.75. The third kappa shape index (κ3) is 0.831. The molecular formula is C6H11NO. The van der Waals surface area contributed by atoms with Gasteiger partial charge in [-0.3, -0.25) is 0 Å². The van der Waals surface area contributed by atoms with Crippen molar-refractivity contribution in [1.29, 1.82) is 0 Å². The second kappa shape index (κ2) is 1.77.